The van der Waals surface area contributed by atoms with E-state index in [2.05, 4.69) is 0 Å². The van der Waals surface area contributed by atoms with Crippen molar-refractivity contribution >= 4 is 23.9 Å². The minimum Gasteiger partial charge on any atom is -0.468 e. The monoisotopic (exact) mass is 521 g/mol. The molecule has 0 amide bonds. The van der Waals surface area contributed by atoms with Crippen LogP contribution in [0, 0.1) is 10.8 Å². The van der Waals surface area contributed by atoms with Gasteiger partial charge in [-0.25, -0.2) is 0 Å². The Balaban J connectivity index is 3.42. The van der Waals surface area contributed by atoms with E-state index in [0.29, 0.717) is 18.4 Å². The van der Waals surface area contributed by atoms with Gasteiger partial charge in [0.2, 0.25) is 0 Å². The highest BCUT2D eigenvalue weighted by Crippen LogP contribution is 2.35. The van der Waals surface area contributed by atoms with E-state index in [4.69, 9.17) is 24.7 Å². The first kappa shape index (κ1) is 32.1. The molecule has 1 aromatic rings. The van der Waals surface area contributed by atoms with Gasteiger partial charge in [0.15, 0.2) is 11.5 Å². The second-order valence-electron chi connectivity index (χ2n) is 10.7. The van der Waals surface area contributed by atoms with Gasteiger partial charge in [0, 0.05) is 19.3 Å². The van der Waals surface area contributed by atoms with Gasteiger partial charge in [-0.15, -0.1) is 0 Å². The molecule has 208 valence electrons. The van der Waals surface area contributed by atoms with Crippen LogP contribution in [0.25, 0.3) is 0 Å². The molecule has 0 aliphatic heterocycles. The molecule has 0 saturated carbocycles. The number of nitrogens with two attached hydrogens (primary N) is 1. The zero-order chi connectivity index (χ0) is 28.6. The summed E-state index contributed by atoms with van der Waals surface area (Å²) < 4.78 is 21.6. The average Bonchev–Trinajstić information content (AvgIpc) is 2.84. The van der Waals surface area contributed by atoms with E-state index in [1.165, 1.54) is 19.2 Å². The maximum Gasteiger partial charge on any atom is 0.326 e. The molecule has 9 heteroatoms. The lowest BCUT2D eigenvalue weighted by molar-refractivity contribution is -0.154. The van der Waals surface area contributed by atoms with Crippen molar-refractivity contribution in [1.82, 2.24) is 0 Å². The zero-order valence-electron chi connectivity index (χ0n) is 23.7. The van der Waals surface area contributed by atoms with Gasteiger partial charge >= 0.3 is 23.9 Å². The molecule has 0 saturated heterocycles. The van der Waals surface area contributed by atoms with Crippen LogP contribution in [0.4, 0.5) is 0 Å². The van der Waals surface area contributed by atoms with Gasteiger partial charge in [-0.2, -0.15) is 0 Å². The van der Waals surface area contributed by atoms with Crippen LogP contribution >= 0.6 is 0 Å². The van der Waals surface area contributed by atoms with Crippen LogP contribution in [0.15, 0.2) is 18.2 Å². The number of carbonyl (C=O) groups is 4. The summed E-state index contributed by atoms with van der Waals surface area (Å²) in [6.45, 7) is 14.1. The maximum absolute atomic E-state index is 12.9. The third kappa shape index (κ3) is 8.84. The number of hydrogen-bond acceptors (Lipinski definition) is 9. The highest BCUT2D eigenvalue weighted by atomic mass is 16.6. The summed E-state index contributed by atoms with van der Waals surface area (Å²) in [6.07, 6.45) is 0.631. The van der Waals surface area contributed by atoms with Crippen LogP contribution in [0.2, 0.25) is 0 Å². The standard InChI is InChI=1S/C28H43NO8/c1-10-22(30)35-18(4)16-28(29,25(33)34-9)17-19-13-14-20(36-23(31)26(5,6)11-2)21(15-19)37-24(32)27(7,8)12-3/h13-15,18H,10-12,16-17,29H2,1-9H3/t18?,28-/m1/s1. The Labute approximate surface area is 220 Å². The number of hydrogen-bond donors (Lipinski definition) is 1. The fraction of sp³-hybridized carbons (Fsp3) is 0.643. The summed E-state index contributed by atoms with van der Waals surface area (Å²) in [7, 11) is 1.23. The van der Waals surface area contributed by atoms with Crippen molar-refractivity contribution in [2.24, 2.45) is 16.6 Å². The lowest BCUT2D eigenvalue weighted by Gasteiger charge is -2.29. The number of methoxy groups -OCH3 is 1. The van der Waals surface area contributed by atoms with Gasteiger partial charge in [-0.05, 0) is 65.2 Å². The summed E-state index contributed by atoms with van der Waals surface area (Å²) in [5.41, 5.74) is 3.96. The minimum absolute atomic E-state index is 0.00479. The molecule has 1 unspecified atom stereocenters. The van der Waals surface area contributed by atoms with Crippen LogP contribution in [-0.2, 0) is 35.1 Å². The third-order valence-corrected chi connectivity index (χ3v) is 6.67. The SMILES string of the molecule is CCC(=O)OC(C)C[C@@](N)(Cc1ccc(OC(=O)C(C)(C)CC)c(OC(=O)C(C)(C)CC)c1)C(=O)OC. The molecule has 37 heavy (non-hydrogen) atoms. The minimum atomic E-state index is -1.53. The van der Waals surface area contributed by atoms with Crippen LogP contribution in [-0.4, -0.2) is 42.6 Å². The molecular weight excluding hydrogens is 478 g/mol. The Morgan fingerprint density at radius 2 is 1.38 bits per heavy atom. The fourth-order valence-electron chi connectivity index (χ4n) is 3.25. The molecule has 1 rings (SSSR count). The summed E-state index contributed by atoms with van der Waals surface area (Å²) in [5.74, 6) is -1.93. The summed E-state index contributed by atoms with van der Waals surface area (Å²) >= 11 is 0. The number of ether oxygens (including phenoxy) is 4. The predicted octanol–water partition coefficient (Wildman–Crippen LogP) is 4.51. The molecule has 0 spiro atoms. The molecule has 9 nitrogen and oxygen atoms in total. The van der Waals surface area contributed by atoms with E-state index in [1.807, 2.05) is 13.8 Å². The van der Waals surface area contributed by atoms with Gasteiger partial charge < -0.3 is 24.7 Å². The Morgan fingerprint density at radius 3 is 1.84 bits per heavy atom. The van der Waals surface area contributed by atoms with E-state index in [1.54, 1.807) is 47.6 Å². The fourth-order valence-corrected chi connectivity index (χ4v) is 3.25. The largest absolute Gasteiger partial charge is 0.468 e. The number of carbonyl (C=O) groups excluding carboxylic acids is 4. The smallest absolute Gasteiger partial charge is 0.326 e. The van der Waals surface area contributed by atoms with E-state index in [9.17, 15) is 19.2 Å². The highest BCUT2D eigenvalue weighted by molar-refractivity contribution is 5.82. The van der Waals surface area contributed by atoms with Crippen molar-refractivity contribution < 1.29 is 38.1 Å². The van der Waals surface area contributed by atoms with Crippen molar-refractivity contribution in [2.45, 2.75) is 99.1 Å². The first-order valence-corrected chi connectivity index (χ1v) is 12.7. The van der Waals surface area contributed by atoms with Crippen molar-refractivity contribution in [3.63, 3.8) is 0 Å². The quantitative estimate of drug-likeness (QED) is 0.294. The van der Waals surface area contributed by atoms with Crippen molar-refractivity contribution in [1.29, 1.82) is 0 Å². The Morgan fingerprint density at radius 1 is 0.865 bits per heavy atom. The molecule has 0 heterocycles. The van der Waals surface area contributed by atoms with Crippen LogP contribution in [0.1, 0.15) is 86.6 Å². The number of rotatable bonds is 13. The summed E-state index contributed by atoms with van der Waals surface area (Å²) in [5, 5.41) is 0. The van der Waals surface area contributed by atoms with Crippen LogP contribution in [0.3, 0.4) is 0 Å². The normalized spacial score (nSPS) is 14.2. The molecule has 0 bridgehead atoms. The van der Waals surface area contributed by atoms with Crippen molar-refractivity contribution in [3.05, 3.63) is 23.8 Å². The zero-order valence-corrected chi connectivity index (χ0v) is 23.7. The average molecular weight is 522 g/mol. The molecule has 1 aromatic carbocycles. The highest BCUT2D eigenvalue weighted by Gasteiger charge is 2.39. The van der Waals surface area contributed by atoms with Gasteiger partial charge in [0.05, 0.1) is 17.9 Å². The molecule has 2 atom stereocenters. The number of esters is 4. The molecule has 2 N–H and O–H groups in total. The van der Waals surface area contributed by atoms with E-state index in [-0.39, 0.29) is 30.8 Å². The molecule has 0 aliphatic rings. The molecule has 0 aromatic heterocycles. The van der Waals surface area contributed by atoms with Gasteiger partial charge in [0.25, 0.3) is 0 Å². The van der Waals surface area contributed by atoms with E-state index < -0.39 is 46.4 Å². The lowest BCUT2D eigenvalue weighted by atomic mass is 9.86. The topological polar surface area (TPSA) is 131 Å². The van der Waals surface area contributed by atoms with Gasteiger partial charge in [-0.3, -0.25) is 19.2 Å². The maximum atomic E-state index is 12.9. The second kappa shape index (κ2) is 13.0. The van der Waals surface area contributed by atoms with Crippen LogP contribution in [0.5, 0.6) is 11.5 Å². The summed E-state index contributed by atoms with van der Waals surface area (Å²) in [4.78, 5) is 50.0. The van der Waals surface area contributed by atoms with Crippen LogP contribution < -0.4 is 15.2 Å². The first-order valence-electron chi connectivity index (χ1n) is 12.7. The van der Waals surface area contributed by atoms with Crippen molar-refractivity contribution in [2.75, 3.05) is 7.11 Å². The molecule has 0 fully saturated rings. The van der Waals surface area contributed by atoms with Crippen molar-refractivity contribution in [3.8, 4) is 11.5 Å². The Kier molecular flexibility index (Phi) is 11.3. The van der Waals surface area contributed by atoms with E-state index in [0.717, 1.165) is 0 Å². The second-order valence-corrected chi connectivity index (χ2v) is 10.7. The molecule has 0 aliphatic carbocycles. The van der Waals surface area contributed by atoms with Gasteiger partial charge in [-0.1, -0.05) is 26.8 Å². The number of benzene rings is 1. The van der Waals surface area contributed by atoms with E-state index >= 15 is 0 Å². The molecular formula is C28H43NO8. The van der Waals surface area contributed by atoms with Gasteiger partial charge in [0.1, 0.15) is 11.6 Å². The first-order chi connectivity index (χ1) is 17.0. The lowest BCUT2D eigenvalue weighted by Crippen LogP contribution is -2.53. The molecule has 0 radical (unpaired) electrons. The summed E-state index contributed by atoms with van der Waals surface area (Å²) in [6, 6.07) is 4.67. The Bertz CT molecular complexity index is 984. The Hall–Kier alpha value is -2.94. The predicted molar refractivity (Wildman–Crippen MR) is 139 cm³/mol. The third-order valence-electron chi connectivity index (χ3n) is 6.67.